The first kappa shape index (κ1) is 21.9. The minimum Gasteiger partial charge on any atom is -0.480 e. The van der Waals surface area contributed by atoms with Gasteiger partial charge in [-0.15, -0.1) is 0 Å². The summed E-state index contributed by atoms with van der Waals surface area (Å²) >= 11 is 0. The normalized spacial score (nSPS) is 15.4. The molecule has 2 aromatic carbocycles. The Kier molecular flexibility index (Phi) is 6.44. The number of carbonyl (C=O) groups is 3. The fourth-order valence-electron chi connectivity index (χ4n) is 4.45. The van der Waals surface area contributed by atoms with Gasteiger partial charge in [-0.1, -0.05) is 61.9 Å². The predicted molar refractivity (Wildman–Crippen MR) is 119 cm³/mol. The van der Waals surface area contributed by atoms with Crippen LogP contribution in [0.3, 0.4) is 0 Å². The van der Waals surface area contributed by atoms with Crippen LogP contribution in [-0.4, -0.2) is 53.2 Å². The Bertz CT molecular complexity index is 971. The van der Waals surface area contributed by atoms with Gasteiger partial charge in [-0.2, -0.15) is 0 Å². The van der Waals surface area contributed by atoms with Crippen LogP contribution < -0.4 is 5.32 Å². The van der Waals surface area contributed by atoms with E-state index in [-0.39, 0.29) is 31.0 Å². The maximum Gasteiger partial charge on any atom is 0.407 e. The van der Waals surface area contributed by atoms with Gasteiger partial charge >= 0.3 is 12.1 Å². The highest BCUT2D eigenvalue weighted by Crippen LogP contribution is 2.44. The van der Waals surface area contributed by atoms with E-state index in [0.717, 1.165) is 35.1 Å². The number of benzene rings is 2. The van der Waals surface area contributed by atoms with E-state index >= 15 is 0 Å². The summed E-state index contributed by atoms with van der Waals surface area (Å²) in [4.78, 5) is 38.2. The van der Waals surface area contributed by atoms with Crippen molar-refractivity contribution < 1.29 is 24.2 Å². The van der Waals surface area contributed by atoms with Crippen LogP contribution in [-0.2, 0) is 14.3 Å². The zero-order valence-corrected chi connectivity index (χ0v) is 18.1. The van der Waals surface area contributed by atoms with Crippen LogP contribution in [0.5, 0.6) is 0 Å². The van der Waals surface area contributed by atoms with E-state index in [2.05, 4.69) is 17.4 Å². The molecule has 0 bridgehead atoms. The van der Waals surface area contributed by atoms with Gasteiger partial charge in [0, 0.05) is 12.0 Å². The van der Waals surface area contributed by atoms with Crippen molar-refractivity contribution in [2.75, 3.05) is 13.2 Å². The van der Waals surface area contributed by atoms with Crippen LogP contribution >= 0.6 is 0 Å². The number of carboxylic acids is 1. The third kappa shape index (κ3) is 4.61. The molecule has 1 atom stereocenters. The second kappa shape index (κ2) is 9.42. The van der Waals surface area contributed by atoms with E-state index in [1.807, 2.05) is 43.3 Å². The molecule has 2 aliphatic rings. The van der Waals surface area contributed by atoms with Crippen LogP contribution in [0.1, 0.15) is 49.7 Å². The first-order valence-corrected chi connectivity index (χ1v) is 11.1. The molecule has 7 nitrogen and oxygen atoms in total. The fourth-order valence-corrected chi connectivity index (χ4v) is 4.45. The summed E-state index contributed by atoms with van der Waals surface area (Å²) in [5.41, 5.74) is 4.52. The molecule has 1 saturated carbocycles. The van der Waals surface area contributed by atoms with Gasteiger partial charge in [-0.3, -0.25) is 9.59 Å². The van der Waals surface area contributed by atoms with Gasteiger partial charge < -0.3 is 20.1 Å². The van der Waals surface area contributed by atoms with E-state index < -0.39 is 18.1 Å². The molecule has 2 aromatic rings. The Labute approximate surface area is 187 Å². The molecule has 0 radical (unpaired) electrons. The summed E-state index contributed by atoms with van der Waals surface area (Å²) in [5, 5.41) is 11.8. The molecule has 168 valence electrons. The highest BCUT2D eigenvalue weighted by Gasteiger charge is 2.37. The number of rotatable bonds is 9. The molecule has 0 saturated heterocycles. The summed E-state index contributed by atoms with van der Waals surface area (Å²) < 4.78 is 5.57. The van der Waals surface area contributed by atoms with Gasteiger partial charge in [0.15, 0.2) is 0 Å². The maximum absolute atomic E-state index is 13.0. The van der Waals surface area contributed by atoms with Crippen molar-refractivity contribution in [3.8, 4) is 11.1 Å². The van der Waals surface area contributed by atoms with Gasteiger partial charge in [0.1, 0.15) is 19.2 Å². The zero-order chi connectivity index (χ0) is 22.7. The second-order valence-electron chi connectivity index (χ2n) is 8.40. The SMILES string of the molecule is CCC[C@@H](NC(=O)OCC1c2ccccc2-c2ccccc21)C(=O)N(CC(=O)O)C1CC1. The Morgan fingerprint density at radius 2 is 1.66 bits per heavy atom. The van der Waals surface area contributed by atoms with E-state index in [9.17, 15) is 14.4 Å². The van der Waals surface area contributed by atoms with Crippen molar-refractivity contribution >= 4 is 18.0 Å². The van der Waals surface area contributed by atoms with Crippen molar-refractivity contribution in [3.05, 3.63) is 59.7 Å². The molecule has 0 spiro atoms. The summed E-state index contributed by atoms with van der Waals surface area (Å²) in [6, 6.07) is 15.3. The molecule has 0 aromatic heterocycles. The monoisotopic (exact) mass is 436 g/mol. The number of nitrogens with zero attached hydrogens (tertiary/aromatic N) is 1. The molecule has 4 rings (SSSR count). The average molecular weight is 437 g/mol. The van der Waals surface area contributed by atoms with Crippen molar-refractivity contribution in [2.45, 2.75) is 50.6 Å². The summed E-state index contributed by atoms with van der Waals surface area (Å²) in [6.45, 7) is 1.72. The number of amides is 2. The number of carbonyl (C=O) groups excluding carboxylic acids is 2. The fraction of sp³-hybridized carbons (Fsp3) is 0.400. The van der Waals surface area contributed by atoms with E-state index in [4.69, 9.17) is 9.84 Å². The number of hydrogen-bond acceptors (Lipinski definition) is 4. The number of nitrogens with one attached hydrogen (secondary N) is 1. The Morgan fingerprint density at radius 3 is 2.19 bits per heavy atom. The Balaban J connectivity index is 1.42. The minimum absolute atomic E-state index is 0.0535. The van der Waals surface area contributed by atoms with Crippen molar-refractivity contribution in [3.63, 3.8) is 0 Å². The summed E-state index contributed by atoms with van der Waals surface area (Å²) in [7, 11) is 0. The third-order valence-corrected chi connectivity index (χ3v) is 6.09. The van der Waals surface area contributed by atoms with E-state index in [0.29, 0.717) is 12.8 Å². The number of aliphatic carboxylic acids is 1. The molecule has 32 heavy (non-hydrogen) atoms. The predicted octanol–water partition coefficient (Wildman–Crippen LogP) is 3.77. The lowest BCUT2D eigenvalue weighted by Gasteiger charge is -2.26. The number of ether oxygens (including phenoxy) is 1. The van der Waals surface area contributed by atoms with Crippen molar-refractivity contribution in [1.82, 2.24) is 10.2 Å². The van der Waals surface area contributed by atoms with E-state index in [1.165, 1.54) is 4.90 Å². The standard InChI is InChI=1S/C25H28N2O5/c1-2-7-22(24(30)27(14-23(28)29)16-12-13-16)26-25(31)32-15-21-19-10-5-3-8-17(19)18-9-4-6-11-20(18)21/h3-6,8-11,16,21-22H,2,7,12-15H2,1H3,(H,26,31)(H,28,29)/t22-/m1/s1. The van der Waals surface area contributed by atoms with Crippen LogP contribution in [0, 0.1) is 0 Å². The molecule has 0 aliphatic heterocycles. The lowest BCUT2D eigenvalue weighted by molar-refractivity contribution is -0.145. The number of fused-ring (bicyclic) bond motifs is 3. The molecule has 2 amide bonds. The third-order valence-electron chi connectivity index (χ3n) is 6.09. The summed E-state index contributed by atoms with van der Waals surface area (Å²) in [6.07, 6.45) is 2.02. The average Bonchev–Trinajstić information content (AvgIpc) is 3.58. The molecular formula is C25H28N2O5. The Hall–Kier alpha value is -3.35. The first-order valence-electron chi connectivity index (χ1n) is 11.1. The van der Waals surface area contributed by atoms with Gasteiger partial charge in [0.25, 0.3) is 0 Å². The minimum atomic E-state index is -1.05. The van der Waals surface area contributed by atoms with Crippen LogP contribution in [0.15, 0.2) is 48.5 Å². The Morgan fingerprint density at radius 1 is 1.06 bits per heavy atom. The second-order valence-corrected chi connectivity index (χ2v) is 8.40. The largest absolute Gasteiger partial charge is 0.480 e. The van der Waals surface area contributed by atoms with Crippen LogP contribution in [0.25, 0.3) is 11.1 Å². The van der Waals surface area contributed by atoms with Crippen molar-refractivity contribution in [1.29, 1.82) is 0 Å². The van der Waals surface area contributed by atoms with Gasteiger partial charge in [-0.05, 0) is 41.5 Å². The molecule has 7 heteroatoms. The quantitative estimate of drug-likeness (QED) is 0.624. The summed E-state index contributed by atoms with van der Waals surface area (Å²) in [5.74, 6) is -1.48. The zero-order valence-electron chi connectivity index (χ0n) is 18.1. The maximum atomic E-state index is 13.0. The number of alkyl carbamates (subject to hydrolysis) is 1. The molecule has 2 aliphatic carbocycles. The smallest absolute Gasteiger partial charge is 0.407 e. The van der Waals surface area contributed by atoms with E-state index in [1.54, 1.807) is 0 Å². The topological polar surface area (TPSA) is 95.9 Å². The molecule has 0 heterocycles. The molecular weight excluding hydrogens is 408 g/mol. The van der Waals surface area contributed by atoms with Gasteiger partial charge in [-0.25, -0.2) is 4.79 Å². The molecule has 2 N–H and O–H groups in total. The first-order chi connectivity index (χ1) is 15.5. The van der Waals surface area contributed by atoms with Gasteiger partial charge in [0.2, 0.25) is 5.91 Å². The van der Waals surface area contributed by atoms with Gasteiger partial charge in [0.05, 0.1) is 0 Å². The number of carboxylic acid groups (broad SMARTS) is 1. The highest BCUT2D eigenvalue weighted by atomic mass is 16.5. The molecule has 1 fully saturated rings. The van der Waals surface area contributed by atoms with Crippen LogP contribution in [0.2, 0.25) is 0 Å². The lowest BCUT2D eigenvalue weighted by atomic mass is 9.98. The number of hydrogen-bond donors (Lipinski definition) is 2. The van der Waals surface area contributed by atoms with Crippen molar-refractivity contribution in [2.24, 2.45) is 0 Å². The van der Waals surface area contributed by atoms with Crippen LogP contribution in [0.4, 0.5) is 4.79 Å². The molecule has 0 unspecified atom stereocenters. The lowest BCUT2D eigenvalue weighted by Crippen LogP contribution is -2.50. The highest BCUT2D eigenvalue weighted by molar-refractivity contribution is 5.88.